The highest BCUT2D eigenvalue weighted by molar-refractivity contribution is 7.92. The van der Waals surface area contributed by atoms with E-state index in [2.05, 4.69) is 10.1 Å². The number of methoxy groups -OCH3 is 1. The molecule has 0 N–H and O–H groups in total. The minimum atomic E-state index is -4.71. The van der Waals surface area contributed by atoms with Crippen LogP contribution in [0.1, 0.15) is 12.5 Å². The first kappa shape index (κ1) is 26.0. The molecule has 0 aliphatic heterocycles. The summed E-state index contributed by atoms with van der Waals surface area (Å²) in [4.78, 5) is 15.4. The van der Waals surface area contributed by atoms with E-state index in [0.717, 1.165) is 34.7 Å². The van der Waals surface area contributed by atoms with Gasteiger partial charge in [0.25, 0.3) is 10.0 Å². The zero-order valence-corrected chi connectivity index (χ0v) is 21.2. The van der Waals surface area contributed by atoms with Crippen LogP contribution >= 0.6 is 0 Å². The highest BCUT2D eigenvalue weighted by atomic mass is 32.2. The molecule has 11 heteroatoms. The van der Waals surface area contributed by atoms with Gasteiger partial charge in [0.1, 0.15) is 28.8 Å². The van der Waals surface area contributed by atoms with Crippen LogP contribution in [0.2, 0.25) is 0 Å². The van der Waals surface area contributed by atoms with Crippen LogP contribution in [-0.4, -0.2) is 42.8 Å². The number of sulfonamides is 1. The summed E-state index contributed by atoms with van der Waals surface area (Å²) in [6, 6.07) is 10.7. The number of nitrogens with zero attached hydrogens (tertiary/aromatic N) is 4. The number of benzene rings is 2. The molecule has 8 nitrogen and oxygen atoms in total. The molecule has 2 heterocycles. The van der Waals surface area contributed by atoms with E-state index in [1.54, 1.807) is 36.1 Å². The average Bonchev–Trinajstić information content (AvgIpc) is 3.33. The van der Waals surface area contributed by atoms with Gasteiger partial charge in [-0.2, -0.15) is 5.10 Å². The highest BCUT2D eigenvalue weighted by Crippen LogP contribution is 2.37. The Morgan fingerprint density at radius 2 is 1.81 bits per heavy atom. The van der Waals surface area contributed by atoms with Crippen molar-refractivity contribution in [3.63, 3.8) is 0 Å². The zero-order chi connectivity index (χ0) is 26.7. The molecule has 37 heavy (non-hydrogen) atoms. The molecular formula is C26H24F2N4O4S. The number of halogens is 2. The molecule has 0 fully saturated rings. The van der Waals surface area contributed by atoms with Crippen LogP contribution in [0, 0.1) is 18.6 Å². The Morgan fingerprint density at radius 3 is 2.49 bits per heavy atom. The van der Waals surface area contributed by atoms with E-state index in [-0.39, 0.29) is 5.69 Å². The van der Waals surface area contributed by atoms with Crippen molar-refractivity contribution in [3.05, 3.63) is 84.3 Å². The molecule has 0 spiro atoms. The number of anilines is 1. The van der Waals surface area contributed by atoms with E-state index in [1.165, 1.54) is 6.07 Å². The fraction of sp³-hybridized carbons (Fsp3) is 0.192. The fourth-order valence-corrected chi connectivity index (χ4v) is 5.50. The predicted molar refractivity (Wildman–Crippen MR) is 134 cm³/mol. The number of pyridine rings is 1. The lowest BCUT2D eigenvalue weighted by molar-refractivity contribution is -0.138. The third-order valence-corrected chi connectivity index (χ3v) is 7.64. The molecule has 2 aromatic heterocycles. The topological polar surface area (TPSA) is 94.4 Å². The maximum atomic E-state index is 14.6. The summed E-state index contributed by atoms with van der Waals surface area (Å²) in [7, 11) is -3.60. The Kier molecular flexibility index (Phi) is 7.35. The molecule has 0 radical (unpaired) electrons. The average molecular weight is 527 g/mol. The van der Waals surface area contributed by atoms with Gasteiger partial charge in [0.05, 0.1) is 12.8 Å². The lowest BCUT2D eigenvalue weighted by Gasteiger charge is -2.26. The Bertz CT molecular complexity index is 1560. The minimum absolute atomic E-state index is 0.0956. The fourth-order valence-electron chi connectivity index (χ4n) is 3.95. The lowest BCUT2D eigenvalue weighted by Crippen LogP contribution is -2.37. The third kappa shape index (κ3) is 5.08. The number of carbonyl (C=O) groups excluding carboxylic acids is 1. The molecule has 0 saturated heterocycles. The number of hydrogen-bond donors (Lipinski definition) is 0. The van der Waals surface area contributed by atoms with Crippen LogP contribution in [0.15, 0.2) is 72.0 Å². The van der Waals surface area contributed by atoms with Crippen molar-refractivity contribution in [2.45, 2.75) is 25.3 Å². The van der Waals surface area contributed by atoms with E-state index >= 15 is 0 Å². The molecule has 0 atom stereocenters. The first-order valence-corrected chi connectivity index (χ1v) is 12.7. The molecule has 0 aliphatic rings. The summed E-state index contributed by atoms with van der Waals surface area (Å²) >= 11 is 0. The molecule has 0 unspecified atom stereocenters. The summed E-state index contributed by atoms with van der Waals surface area (Å²) < 4.78 is 62.8. The monoisotopic (exact) mass is 526 g/mol. The Labute approximate surface area is 213 Å². The Hall–Kier alpha value is -4.12. The molecule has 0 aliphatic carbocycles. The van der Waals surface area contributed by atoms with Crippen molar-refractivity contribution in [2.75, 3.05) is 18.0 Å². The van der Waals surface area contributed by atoms with Crippen molar-refractivity contribution in [2.24, 2.45) is 0 Å². The van der Waals surface area contributed by atoms with Crippen LogP contribution in [-0.2, 0) is 26.1 Å². The van der Waals surface area contributed by atoms with Gasteiger partial charge in [-0.3, -0.25) is 18.8 Å². The summed E-state index contributed by atoms with van der Waals surface area (Å²) in [5, 5.41) is 4.69. The van der Waals surface area contributed by atoms with Gasteiger partial charge in [-0.25, -0.2) is 17.2 Å². The molecule has 0 bridgehead atoms. The SMILES string of the molecule is CCn1cc(-c2ccncc2)c(-c2cccc(N(CC(=O)OC)S(=O)(=O)c3cc(F)ccc3F)c2C)n1. The van der Waals surface area contributed by atoms with E-state index in [0.29, 0.717) is 29.4 Å². The third-order valence-electron chi connectivity index (χ3n) is 5.87. The number of ether oxygens (including phenoxy) is 1. The first-order valence-electron chi connectivity index (χ1n) is 11.3. The van der Waals surface area contributed by atoms with E-state index < -0.39 is 39.1 Å². The molecule has 192 valence electrons. The van der Waals surface area contributed by atoms with E-state index in [4.69, 9.17) is 4.74 Å². The second-order valence-electron chi connectivity index (χ2n) is 8.10. The second kappa shape index (κ2) is 10.5. The van der Waals surface area contributed by atoms with Crippen LogP contribution in [0.25, 0.3) is 22.4 Å². The molecule has 0 saturated carbocycles. The number of esters is 1. The van der Waals surface area contributed by atoms with Crippen LogP contribution in [0.4, 0.5) is 14.5 Å². The van der Waals surface area contributed by atoms with Crippen LogP contribution in [0.3, 0.4) is 0 Å². The smallest absolute Gasteiger partial charge is 0.326 e. The minimum Gasteiger partial charge on any atom is -0.468 e. The van der Waals surface area contributed by atoms with Gasteiger partial charge in [0, 0.05) is 36.3 Å². The number of rotatable bonds is 8. The number of carbonyl (C=O) groups is 1. The molecule has 4 rings (SSSR count). The van der Waals surface area contributed by atoms with Crippen molar-refractivity contribution in [3.8, 4) is 22.4 Å². The number of aromatic nitrogens is 3. The zero-order valence-electron chi connectivity index (χ0n) is 20.4. The van der Waals surface area contributed by atoms with E-state index in [9.17, 15) is 22.0 Å². The summed E-state index contributed by atoms with van der Waals surface area (Å²) in [6.45, 7) is 3.46. The van der Waals surface area contributed by atoms with Crippen molar-refractivity contribution < 1.29 is 26.7 Å². The second-order valence-corrected chi connectivity index (χ2v) is 9.93. The number of aryl methyl sites for hydroxylation is 1. The van der Waals surface area contributed by atoms with Gasteiger partial charge in [0.15, 0.2) is 0 Å². The van der Waals surface area contributed by atoms with Gasteiger partial charge in [0.2, 0.25) is 0 Å². The summed E-state index contributed by atoms with van der Waals surface area (Å²) in [6.07, 6.45) is 5.19. The van der Waals surface area contributed by atoms with Crippen molar-refractivity contribution in [1.29, 1.82) is 0 Å². The quantitative estimate of drug-likeness (QED) is 0.312. The lowest BCUT2D eigenvalue weighted by atomic mass is 9.98. The summed E-state index contributed by atoms with van der Waals surface area (Å²) in [5.41, 5.74) is 3.39. The van der Waals surface area contributed by atoms with E-state index in [1.807, 2.05) is 25.3 Å². The van der Waals surface area contributed by atoms with Crippen molar-refractivity contribution >= 4 is 21.7 Å². The Balaban J connectivity index is 1.92. The molecule has 2 aromatic carbocycles. The van der Waals surface area contributed by atoms with Gasteiger partial charge in [-0.15, -0.1) is 0 Å². The predicted octanol–water partition coefficient (Wildman–Crippen LogP) is 4.59. The molecular weight excluding hydrogens is 502 g/mol. The van der Waals surface area contributed by atoms with Gasteiger partial charge in [-0.1, -0.05) is 12.1 Å². The van der Waals surface area contributed by atoms with Crippen molar-refractivity contribution in [1.82, 2.24) is 14.8 Å². The van der Waals surface area contributed by atoms with Gasteiger partial charge >= 0.3 is 5.97 Å². The standard InChI is InChI=1S/C26H24F2N4O4S/c1-4-31-15-21(18-10-12-29-13-11-18)26(30-31)20-6-5-7-23(17(20)2)32(16-25(33)36-3)37(34,35)24-14-19(27)8-9-22(24)28/h5-15H,4,16H2,1-3H3. The maximum absolute atomic E-state index is 14.6. The summed E-state index contributed by atoms with van der Waals surface area (Å²) in [5.74, 6) is -2.96. The van der Waals surface area contributed by atoms with Gasteiger partial charge < -0.3 is 4.74 Å². The Morgan fingerprint density at radius 1 is 1.08 bits per heavy atom. The van der Waals surface area contributed by atoms with Crippen LogP contribution < -0.4 is 4.31 Å². The highest BCUT2D eigenvalue weighted by Gasteiger charge is 2.32. The largest absolute Gasteiger partial charge is 0.468 e. The molecule has 4 aromatic rings. The maximum Gasteiger partial charge on any atom is 0.326 e. The van der Waals surface area contributed by atoms with Crippen LogP contribution in [0.5, 0.6) is 0 Å². The first-order chi connectivity index (χ1) is 17.7. The molecule has 0 amide bonds. The van der Waals surface area contributed by atoms with Gasteiger partial charge in [-0.05, 0) is 61.4 Å². The number of hydrogen-bond acceptors (Lipinski definition) is 6. The normalized spacial score (nSPS) is 11.4.